The Hall–Kier alpha value is -1.32. The van der Waals surface area contributed by atoms with Crippen LogP contribution in [0.5, 0.6) is 5.75 Å². The molecular formula is C14H21F2NO. The molecule has 0 atom stereocenters. The van der Waals surface area contributed by atoms with Crippen molar-refractivity contribution in [3.05, 3.63) is 23.8 Å². The van der Waals surface area contributed by atoms with E-state index in [-0.39, 0.29) is 11.4 Å². The van der Waals surface area contributed by atoms with E-state index >= 15 is 0 Å². The molecule has 0 heterocycles. The molecule has 0 saturated heterocycles. The molecule has 0 amide bonds. The standard InChI is InChI=1S/C14H21F2NO/c1-2-3-4-5-6-7-8-18-14-12(15)9-11(17)10-13(14)16/h9-10H,2-8,17H2,1H3. The molecule has 0 saturated carbocycles. The van der Waals surface area contributed by atoms with Crippen molar-refractivity contribution >= 4 is 5.69 Å². The van der Waals surface area contributed by atoms with Crippen LogP contribution in [0.1, 0.15) is 45.4 Å². The maximum atomic E-state index is 13.3. The lowest BCUT2D eigenvalue weighted by Gasteiger charge is -2.08. The second kappa shape index (κ2) is 7.90. The van der Waals surface area contributed by atoms with E-state index in [9.17, 15) is 8.78 Å². The van der Waals surface area contributed by atoms with Gasteiger partial charge in [-0.2, -0.15) is 0 Å². The molecule has 0 spiro atoms. The topological polar surface area (TPSA) is 35.2 Å². The second-order valence-electron chi connectivity index (χ2n) is 4.43. The first-order valence-corrected chi connectivity index (χ1v) is 6.52. The lowest BCUT2D eigenvalue weighted by Crippen LogP contribution is -2.02. The Balaban J connectivity index is 2.27. The number of anilines is 1. The highest BCUT2D eigenvalue weighted by molar-refractivity contribution is 5.44. The maximum Gasteiger partial charge on any atom is 0.190 e. The van der Waals surface area contributed by atoms with Gasteiger partial charge in [0.25, 0.3) is 0 Å². The van der Waals surface area contributed by atoms with Crippen LogP contribution in [-0.2, 0) is 0 Å². The van der Waals surface area contributed by atoms with Crippen LogP contribution in [0.4, 0.5) is 14.5 Å². The van der Waals surface area contributed by atoms with Gasteiger partial charge in [0, 0.05) is 17.8 Å². The molecule has 0 aliphatic heterocycles. The van der Waals surface area contributed by atoms with Gasteiger partial charge in [-0.25, -0.2) is 8.78 Å². The van der Waals surface area contributed by atoms with Crippen molar-refractivity contribution in [2.75, 3.05) is 12.3 Å². The van der Waals surface area contributed by atoms with Crippen LogP contribution >= 0.6 is 0 Å². The van der Waals surface area contributed by atoms with Gasteiger partial charge in [0.15, 0.2) is 17.4 Å². The minimum atomic E-state index is -0.738. The minimum absolute atomic E-state index is 0.0666. The number of nitrogens with two attached hydrogens (primary N) is 1. The summed E-state index contributed by atoms with van der Waals surface area (Å²) in [6, 6.07) is 2.14. The third-order valence-corrected chi connectivity index (χ3v) is 2.76. The third kappa shape index (κ3) is 4.90. The van der Waals surface area contributed by atoms with E-state index in [0.29, 0.717) is 6.61 Å². The average Bonchev–Trinajstić information content (AvgIpc) is 2.30. The fourth-order valence-electron chi connectivity index (χ4n) is 1.77. The summed E-state index contributed by atoms with van der Waals surface area (Å²) in [4.78, 5) is 0. The Morgan fingerprint density at radius 1 is 1.00 bits per heavy atom. The van der Waals surface area contributed by atoms with Gasteiger partial charge >= 0.3 is 0 Å². The van der Waals surface area contributed by atoms with Crippen LogP contribution < -0.4 is 10.5 Å². The van der Waals surface area contributed by atoms with Crippen molar-refractivity contribution in [1.82, 2.24) is 0 Å². The molecule has 0 radical (unpaired) electrons. The van der Waals surface area contributed by atoms with E-state index < -0.39 is 11.6 Å². The zero-order valence-electron chi connectivity index (χ0n) is 10.8. The molecule has 0 aliphatic carbocycles. The van der Waals surface area contributed by atoms with Crippen LogP contribution in [0, 0.1) is 11.6 Å². The zero-order valence-corrected chi connectivity index (χ0v) is 10.8. The quantitative estimate of drug-likeness (QED) is 0.557. The van der Waals surface area contributed by atoms with Gasteiger partial charge in [-0.3, -0.25) is 0 Å². The van der Waals surface area contributed by atoms with E-state index in [4.69, 9.17) is 10.5 Å². The summed E-state index contributed by atoms with van der Waals surface area (Å²) in [5.41, 5.74) is 5.38. The zero-order chi connectivity index (χ0) is 13.4. The first-order chi connectivity index (χ1) is 8.65. The summed E-state index contributed by atoms with van der Waals surface area (Å²) in [6.45, 7) is 2.50. The van der Waals surface area contributed by atoms with Crippen molar-refractivity contribution in [3.63, 3.8) is 0 Å². The van der Waals surface area contributed by atoms with Gasteiger partial charge in [-0.05, 0) is 6.42 Å². The number of halogens is 2. The van der Waals surface area contributed by atoms with E-state index in [1.165, 1.54) is 19.3 Å². The molecule has 0 aromatic heterocycles. The van der Waals surface area contributed by atoms with Crippen molar-refractivity contribution in [1.29, 1.82) is 0 Å². The van der Waals surface area contributed by atoms with Gasteiger partial charge in [-0.1, -0.05) is 39.0 Å². The Bertz CT molecular complexity index is 346. The van der Waals surface area contributed by atoms with Gasteiger partial charge in [0.05, 0.1) is 6.61 Å². The highest BCUT2D eigenvalue weighted by Crippen LogP contribution is 2.24. The lowest BCUT2D eigenvalue weighted by molar-refractivity contribution is 0.275. The molecule has 0 aliphatic rings. The van der Waals surface area contributed by atoms with Gasteiger partial charge in [0.1, 0.15) is 0 Å². The summed E-state index contributed by atoms with van der Waals surface area (Å²) >= 11 is 0. The van der Waals surface area contributed by atoms with Crippen LogP contribution in [0.2, 0.25) is 0 Å². The van der Waals surface area contributed by atoms with Crippen LogP contribution in [0.15, 0.2) is 12.1 Å². The summed E-state index contributed by atoms with van der Waals surface area (Å²) in [6.07, 6.45) is 6.64. The highest BCUT2D eigenvalue weighted by atomic mass is 19.1. The molecule has 0 fully saturated rings. The molecule has 1 aromatic rings. The molecule has 0 unspecified atom stereocenters. The summed E-state index contributed by atoms with van der Waals surface area (Å²) in [7, 11) is 0. The highest BCUT2D eigenvalue weighted by Gasteiger charge is 2.11. The third-order valence-electron chi connectivity index (χ3n) is 2.76. The van der Waals surface area contributed by atoms with Crippen molar-refractivity contribution in [2.24, 2.45) is 0 Å². The van der Waals surface area contributed by atoms with Crippen LogP contribution in [0.3, 0.4) is 0 Å². The minimum Gasteiger partial charge on any atom is -0.488 e. The number of benzene rings is 1. The monoisotopic (exact) mass is 257 g/mol. The smallest absolute Gasteiger partial charge is 0.190 e. The van der Waals surface area contributed by atoms with Gasteiger partial charge < -0.3 is 10.5 Å². The second-order valence-corrected chi connectivity index (χ2v) is 4.43. The van der Waals surface area contributed by atoms with Gasteiger partial charge in [-0.15, -0.1) is 0 Å². The van der Waals surface area contributed by atoms with Crippen molar-refractivity contribution in [2.45, 2.75) is 45.4 Å². The average molecular weight is 257 g/mol. The van der Waals surface area contributed by atoms with E-state index in [1.807, 2.05) is 0 Å². The Labute approximate surface area is 107 Å². The lowest BCUT2D eigenvalue weighted by atomic mass is 10.1. The van der Waals surface area contributed by atoms with Crippen LogP contribution in [0.25, 0.3) is 0 Å². The van der Waals surface area contributed by atoms with Crippen molar-refractivity contribution in [3.8, 4) is 5.75 Å². The number of hydrogen-bond acceptors (Lipinski definition) is 2. The van der Waals surface area contributed by atoms with E-state index in [2.05, 4.69) is 6.92 Å². The SMILES string of the molecule is CCCCCCCCOc1c(F)cc(N)cc1F. The fourth-order valence-corrected chi connectivity index (χ4v) is 1.77. The van der Waals surface area contributed by atoms with Crippen molar-refractivity contribution < 1.29 is 13.5 Å². The Morgan fingerprint density at radius 2 is 1.56 bits per heavy atom. The van der Waals surface area contributed by atoms with E-state index in [1.54, 1.807) is 0 Å². The summed E-state index contributed by atoms with van der Waals surface area (Å²) in [5, 5.41) is 0. The molecular weight excluding hydrogens is 236 g/mol. The number of hydrogen-bond donors (Lipinski definition) is 1. The largest absolute Gasteiger partial charge is 0.488 e. The summed E-state index contributed by atoms with van der Waals surface area (Å²) < 4.78 is 31.8. The number of ether oxygens (including phenoxy) is 1. The first-order valence-electron chi connectivity index (χ1n) is 6.52. The predicted octanol–water partition coefficient (Wildman–Crippen LogP) is 4.29. The summed E-state index contributed by atoms with van der Waals surface area (Å²) in [5.74, 6) is -1.80. The number of nitrogen functional groups attached to an aromatic ring is 1. The molecule has 0 bridgehead atoms. The normalized spacial score (nSPS) is 10.6. The Kier molecular flexibility index (Phi) is 6.47. The molecule has 2 N–H and O–H groups in total. The fraction of sp³-hybridized carbons (Fsp3) is 0.571. The maximum absolute atomic E-state index is 13.3. The molecule has 1 rings (SSSR count). The molecule has 18 heavy (non-hydrogen) atoms. The predicted molar refractivity (Wildman–Crippen MR) is 69.6 cm³/mol. The number of rotatable bonds is 8. The Morgan fingerprint density at radius 3 is 2.17 bits per heavy atom. The molecule has 102 valence electrons. The van der Waals surface area contributed by atoms with Crippen LogP contribution in [-0.4, -0.2) is 6.61 Å². The molecule has 1 aromatic carbocycles. The number of unbranched alkanes of at least 4 members (excludes halogenated alkanes) is 5. The van der Waals surface area contributed by atoms with Gasteiger partial charge in [0.2, 0.25) is 0 Å². The van der Waals surface area contributed by atoms with E-state index in [0.717, 1.165) is 31.4 Å². The molecule has 2 nitrogen and oxygen atoms in total. The first kappa shape index (κ1) is 14.7. The molecule has 4 heteroatoms.